The van der Waals surface area contributed by atoms with Gasteiger partial charge in [0.05, 0.1) is 6.61 Å². The number of amides is 1. The third-order valence-corrected chi connectivity index (χ3v) is 4.00. The summed E-state index contributed by atoms with van der Waals surface area (Å²) >= 11 is 0. The number of aliphatic hydroxyl groups excluding tert-OH is 1. The van der Waals surface area contributed by atoms with Gasteiger partial charge in [0.2, 0.25) is 6.10 Å². The number of ether oxygens (including phenoxy) is 2. The van der Waals surface area contributed by atoms with E-state index in [-0.39, 0.29) is 26.2 Å². The SMILES string of the molecule is CCN(CCO)C(=O)O[C@@H](Cc1ccccc1)C(=O)OCc1ccccc1. The minimum absolute atomic E-state index is 0.108. The Morgan fingerprint density at radius 1 is 1.00 bits per heavy atom. The average molecular weight is 371 g/mol. The van der Waals surface area contributed by atoms with Crippen LogP contribution < -0.4 is 0 Å². The van der Waals surface area contributed by atoms with Crippen LogP contribution in [0.25, 0.3) is 0 Å². The largest absolute Gasteiger partial charge is 0.458 e. The van der Waals surface area contributed by atoms with Crippen molar-refractivity contribution in [1.29, 1.82) is 0 Å². The number of likely N-dealkylation sites (N-methyl/N-ethyl adjacent to an activating group) is 1. The summed E-state index contributed by atoms with van der Waals surface area (Å²) in [6, 6.07) is 18.6. The second-order valence-corrected chi connectivity index (χ2v) is 5.96. The van der Waals surface area contributed by atoms with Gasteiger partial charge in [-0.1, -0.05) is 60.7 Å². The number of carbonyl (C=O) groups is 2. The van der Waals surface area contributed by atoms with E-state index in [1.165, 1.54) is 4.90 Å². The Labute approximate surface area is 159 Å². The van der Waals surface area contributed by atoms with Gasteiger partial charge in [-0.3, -0.25) is 0 Å². The van der Waals surface area contributed by atoms with Crippen molar-refractivity contribution in [1.82, 2.24) is 4.90 Å². The van der Waals surface area contributed by atoms with Gasteiger partial charge in [0.15, 0.2) is 0 Å². The molecule has 144 valence electrons. The van der Waals surface area contributed by atoms with Crippen molar-refractivity contribution in [2.75, 3.05) is 19.7 Å². The molecule has 1 amide bonds. The molecule has 0 saturated carbocycles. The minimum Gasteiger partial charge on any atom is -0.458 e. The Bertz CT molecular complexity index is 705. The van der Waals surface area contributed by atoms with Crippen LogP contribution >= 0.6 is 0 Å². The standard InChI is InChI=1S/C21H25NO5/c1-2-22(13-14-23)21(25)27-19(15-17-9-5-3-6-10-17)20(24)26-16-18-11-7-4-8-12-18/h3-12,19,23H,2,13-16H2,1H3/t19-/m0/s1. The first-order chi connectivity index (χ1) is 13.1. The molecule has 2 aromatic rings. The first kappa shape index (κ1) is 20.5. The van der Waals surface area contributed by atoms with Crippen molar-refractivity contribution in [3.8, 4) is 0 Å². The summed E-state index contributed by atoms with van der Waals surface area (Å²) in [4.78, 5) is 26.2. The van der Waals surface area contributed by atoms with E-state index < -0.39 is 18.2 Å². The van der Waals surface area contributed by atoms with Crippen molar-refractivity contribution < 1.29 is 24.2 Å². The van der Waals surface area contributed by atoms with Gasteiger partial charge in [-0.15, -0.1) is 0 Å². The second kappa shape index (κ2) is 11.0. The molecule has 0 bridgehead atoms. The van der Waals surface area contributed by atoms with Gasteiger partial charge in [0.25, 0.3) is 0 Å². The number of rotatable bonds is 9. The Hall–Kier alpha value is -2.86. The van der Waals surface area contributed by atoms with Crippen LogP contribution in [0.3, 0.4) is 0 Å². The summed E-state index contributed by atoms with van der Waals surface area (Å²) in [5.41, 5.74) is 1.71. The van der Waals surface area contributed by atoms with Gasteiger partial charge >= 0.3 is 12.1 Å². The van der Waals surface area contributed by atoms with Crippen LogP contribution in [0.1, 0.15) is 18.1 Å². The van der Waals surface area contributed by atoms with E-state index >= 15 is 0 Å². The lowest BCUT2D eigenvalue weighted by Gasteiger charge is -2.23. The first-order valence-corrected chi connectivity index (χ1v) is 8.95. The zero-order valence-electron chi connectivity index (χ0n) is 15.4. The molecule has 0 aliphatic heterocycles. The molecule has 2 aromatic carbocycles. The van der Waals surface area contributed by atoms with Crippen LogP contribution in [0, 0.1) is 0 Å². The third kappa shape index (κ3) is 6.75. The van der Waals surface area contributed by atoms with Crippen molar-refractivity contribution in [2.24, 2.45) is 0 Å². The van der Waals surface area contributed by atoms with E-state index in [1.807, 2.05) is 60.7 Å². The molecule has 0 unspecified atom stereocenters. The minimum atomic E-state index is -1.06. The number of hydrogen-bond donors (Lipinski definition) is 1. The Balaban J connectivity index is 2.05. The highest BCUT2D eigenvalue weighted by Gasteiger charge is 2.27. The summed E-state index contributed by atoms with van der Waals surface area (Å²) in [7, 11) is 0. The summed E-state index contributed by atoms with van der Waals surface area (Å²) in [6.07, 6.45) is -1.49. The summed E-state index contributed by atoms with van der Waals surface area (Å²) in [5.74, 6) is -0.601. The molecule has 0 aliphatic rings. The molecule has 0 spiro atoms. The van der Waals surface area contributed by atoms with E-state index in [1.54, 1.807) is 6.92 Å². The topological polar surface area (TPSA) is 76.1 Å². The Morgan fingerprint density at radius 3 is 2.15 bits per heavy atom. The van der Waals surface area contributed by atoms with Gasteiger partial charge in [0.1, 0.15) is 6.61 Å². The van der Waals surface area contributed by atoms with Crippen LogP contribution in [0.5, 0.6) is 0 Å². The maximum absolute atomic E-state index is 12.6. The van der Waals surface area contributed by atoms with Crippen LogP contribution in [0.2, 0.25) is 0 Å². The van der Waals surface area contributed by atoms with Crippen LogP contribution in [0.4, 0.5) is 4.79 Å². The molecule has 27 heavy (non-hydrogen) atoms. The van der Waals surface area contributed by atoms with Gasteiger partial charge in [0, 0.05) is 19.5 Å². The van der Waals surface area contributed by atoms with Crippen molar-refractivity contribution in [3.63, 3.8) is 0 Å². The number of aliphatic hydroxyl groups is 1. The number of hydrogen-bond acceptors (Lipinski definition) is 5. The zero-order chi connectivity index (χ0) is 19.5. The Kier molecular flexibility index (Phi) is 8.32. The molecule has 0 heterocycles. The van der Waals surface area contributed by atoms with Crippen molar-refractivity contribution in [2.45, 2.75) is 26.1 Å². The quantitative estimate of drug-likeness (QED) is 0.686. The van der Waals surface area contributed by atoms with E-state index in [2.05, 4.69) is 0 Å². The highest BCUT2D eigenvalue weighted by atomic mass is 16.6. The predicted molar refractivity (Wildman–Crippen MR) is 101 cm³/mol. The summed E-state index contributed by atoms with van der Waals surface area (Å²) in [5, 5.41) is 9.06. The molecule has 0 fully saturated rings. The van der Waals surface area contributed by atoms with Gasteiger partial charge in [-0.25, -0.2) is 9.59 Å². The Morgan fingerprint density at radius 2 is 1.59 bits per heavy atom. The fraction of sp³-hybridized carbons (Fsp3) is 0.333. The molecule has 2 rings (SSSR count). The van der Waals surface area contributed by atoms with Crippen molar-refractivity contribution >= 4 is 12.1 Å². The monoisotopic (exact) mass is 371 g/mol. The van der Waals surface area contributed by atoms with Gasteiger partial charge in [-0.2, -0.15) is 0 Å². The first-order valence-electron chi connectivity index (χ1n) is 8.95. The lowest BCUT2D eigenvalue weighted by atomic mass is 10.1. The molecule has 0 radical (unpaired) electrons. The van der Waals surface area contributed by atoms with Crippen LogP contribution in [0.15, 0.2) is 60.7 Å². The molecule has 1 N–H and O–H groups in total. The summed E-state index contributed by atoms with van der Waals surface area (Å²) < 4.78 is 10.8. The van der Waals surface area contributed by atoms with E-state index in [9.17, 15) is 9.59 Å². The predicted octanol–water partition coefficient (Wildman–Crippen LogP) is 2.79. The highest BCUT2D eigenvalue weighted by molar-refractivity contribution is 5.79. The maximum atomic E-state index is 12.6. The normalized spacial score (nSPS) is 11.5. The van der Waals surface area contributed by atoms with Crippen molar-refractivity contribution in [3.05, 3.63) is 71.8 Å². The van der Waals surface area contributed by atoms with E-state index in [0.717, 1.165) is 11.1 Å². The lowest BCUT2D eigenvalue weighted by molar-refractivity contribution is -0.155. The highest BCUT2D eigenvalue weighted by Crippen LogP contribution is 2.11. The number of esters is 1. The van der Waals surface area contributed by atoms with E-state index in [4.69, 9.17) is 14.6 Å². The average Bonchev–Trinajstić information content (AvgIpc) is 2.71. The van der Waals surface area contributed by atoms with E-state index in [0.29, 0.717) is 6.54 Å². The molecule has 0 aromatic heterocycles. The molecule has 6 heteroatoms. The molecule has 0 saturated heterocycles. The smallest absolute Gasteiger partial charge is 0.410 e. The number of benzene rings is 2. The fourth-order valence-corrected chi connectivity index (χ4v) is 2.52. The summed E-state index contributed by atoms with van der Waals surface area (Å²) in [6.45, 7) is 2.22. The molecule has 0 aliphatic carbocycles. The second-order valence-electron chi connectivity index (χ2n) is 5.96. The maximum Gasteiger partial charge on any atom is 0.410 e. The third-order valence-electron chi connectivity index (χ3n) is 4.00. The number of nitrogens with zero attached hydrogens (tertiary/aromatic N) is 1. The van der Waals surface area contributed by atoms with Gasteiger partial charge in [-0.05, 0) is 18.1 Å². The van der Waals surface area contributed by atoms with Crippen LogP contribution in [-0.2, 0) is 27.3 Å². The molecular formula is C21H25NO5. The fourth-order valence-electron chi connectivity index (χ4n) is 2.52. The van der Waals surface area contributed by atoms with Crippen LogP contribution in [-0.4, -0.2) is 47.9 Å². The lowest BCUT2D eigenvalue weighted by Crippen LogP contribution is -2.39. The molecular weight excluding hydrogens is 346 g/mol. The number of carbonyl (C=O) groups excluding carboxylic acids is 2. The zero-order valence-corrected chi connectivity index (χ0v) is 15.4. The molecule has 6 nitrogen and oxygen atoms in total. The molecule has 1 atom stereocenters. The van der Waals surface area contributed by atoms with Gasteiger partial charge < -0.3 is 19.5 Å².